The molecule has 0 bridgehead atoms. The highest BCUT2D eigenvalue weighted by Crippen LogP contribution is 2.20. The van der Waals surface area contributed by atoms with Crippen LogP contribution in [0.4, 0.5) is 0 Å². The Hall–Kier alpha value is -0.240. The molecule has 21 heavy (non-hydrogen) atoms. The zero-order valence-electron chi connectivity index (χ0n) is 13.8. The number of rotatable bonds is 5. The lowest BCUT2D eigenvalue weighted by Crippen LogP contribution is -2.46. The Kier molecular flexibility index (Phi) is 9.39. The van der Waals surface area contributed by atoms with Crippen LogP contribution in [0.25, 0.3) is 0 Å². The van der Waals surface area contributed by atoms with Gasteiger partial charge in [0.15, 0.2) is 6.29 Å². The summed E-state index contributed by atoms with van der Waals surface area (Å²) < 4.78 is 17.4. The smallest absolute Gasteiger partial charge is 0.158 e. The molecule has 2 heterocycles. The minimum Gasteiger partial charge on any atom is -0.400 e. The zero-order valence-corrected chi connectivity index (χ0v) is 13.8. The molecule has 2 rings (SSSR count). The lowest BCUT2D eigenvalue weighted by Gasteiger charge is -2.35. The van der Waals surface area contributed by atoms with Gasteiger partial charge in [-0.3, -0.25) is 0 Å². The topological polar surface area (TPSA) is 72.0 Å². The molecule has 4 unspecified atom stereocenters. The molecule has 0 radical (unpaired) electrons. The normalized spacial score (nSPS) is 33.4. The van der Waals surface area contributed by atoms with Gasteiger partial charge in [0.1, 0.15) is 0 Å². The van der Waals surface area contributed by atoms with Gasteiger partial charge >= 0.3 is 0 Å². The summed E-state index contributed by atoms with van der Waals surface area (Å²) in [6.45, 7) is 6.54. The lowest BCUT2D eigenvalue weighted by atomic mass is 10.1. The third-order valence-electron chi connectivity index (χ3n) is 3.73. The van der Waals surface area contributed by atoms with Gasteiger partial charge in [0.25, 0.3) is 0 Å². The summed E-state index contributed by atoms with van der Waals surface area (Å²) in [6, 6.07) is 1.37. The fourth-order valence-corrected chi connectivity index (χ4v) is 2.74. The second-order valence-corrected chi connectivity index (χ2v) is 5.88. The molecule has 0 aromatic rings. The van der Waals surface area contributed by atoms with Crippen molar-refractivity contribution in [1.82, 2.24) is 10.6 Å². The molecule has 6 nitrogen and oxygen atoms in total. The van der Waals surface area contributed by atoms with Crippen LogP contribution in [0, 0.1) is 0 Å². The molecule has 0 spiro atoms. The van der Waals surface area contributed by atoms with Crippen LogP contribution in [0.1, 0.15) is 33.1 Å². The minimum absolute atomic E-state index is 0.0607. The summed E-state index contributed by atoms with van der Waals surface area (Å²) in [7, 11) is 2.97. The Morgan fingerprint density at radius 1 is 1.10 bits per heavy atom. The Balaban J connectivity index is 0.00000106. The number of hydrogen-bond donors (Lipinski definition) is 3. The molecule has 0 aromatic carbocycles. The average Bonchev–Trinajstić information content (AvgIpc) is 2.51. The molecule has 126 valence electrons. The van der Waals surface area contributed by atoms with Crippen molar-refractivity contribution in [2.75, 3.05) is 34.0 Å². The minimum atomic E-state index is -0.0607. The highest BCUT2D eigenvalue weighted by molar-refractivity contribution is 4.78. The Bertz CT molecular complexity index is 258. The molecule has 2 aliphatic rings. The molecular weight excluding hydrogens is 272 g/mol. The third-order valence-corrected chi connectivity index (χ3v) is 3.73. The van der Waals surface area contributed by atoms with Gasteiger partial charge in [-0.15, -0.1) is 0 Å². The van der Waals surface area contributed by atoms with E-state index in [1.165, 1.54) is 0 Å². The lowest BCUT2D eigenvalue weighted by molar-refractivity contribution is -0.212. The highest BCUT2D eigenvalue weighted by Gasteiger charge is 2.28. The van der Waals surface area contributed by atoms with E-state index < -0.39 is 0 Å². The van der Waals surface area contributed by atoms with Crippen molar-refractivity contribution < 1.29 is 19.3 Å². The van der Waals surface area contributed by atoms with Gasteiger partial charge in [-0.25, -0.2) is 0 Å². The van der Waals surface area contributed by atoms with Gasteiger partial charge in [-0.1, -0.05) is 13.8 Å². The standard InChI is InChI=1S/C14H28N2O3.CH4O/c1-10(2)16-11-4-5-14(18-8-11)19-13-6-12(15-3)7-17-9-13;1-2/h10-16H,4-9H2,1-3H3;2H,1H3. The Morgan fingerprint density at radius 3 is 2.43 bits per heavy atom. The molecular formula is C15H32N2O4. The molecule has 4 atom stereocenters. The Labute approximate surface area is 128 Å². The summed E-state index contributed by atoms with van der Waals surface area (Å²) in [5.41, 5.74) is 0. The molecule has 0 aromatic heterocycles. The van der Waals surface area contributed by atoms with Crippen LogP contribution < -0.4 is 10.6 Å². The number of ether oxygens (including phenoxy) is 3. The largest absolute Gasteiger partial charge is 0.400 e. The maximum absolute atomic E-state index is 7.00. The summed E-state index contributed by atoms with van der Waals surface area (Å²) in [5.74, 6) is 0. The average molecular weight is 304 g/mol. The summed E-state index contributed by atoms with van der Waals surface area (Å²) >= 11 is 0. The first-order valence-electron chi connectivity index (χ1n) is 7.90. The second-order valence-electron chi connectivity index (χ2n) is 5.88. The predicted octanol–water partition coefficient (Wildman–Crippen LogP) is 0.492. The number of aliphatic hydroxyl groups is 1. The van der Waals surface area contributed by atoms with Crippen LogP contribution in [0.2, 0.25) is 0 Å². The SMILES string of the molecule is CNC1COCC(OC2CCC(NC(C)C)CO2)C1.CO. The van der Waals surface area contributed by atoms with Gasteiger partial charge < -0.3 is 30.0 Å². The number of nitrogens with one attached hydrogen (secondary N) is 2. The summed E-state index contributed by atoms with van der Waals surface area (Å²) in [5, 5.41) is 13.8. The van der Waals surface area contributed by atoms with Crippen LogP contribution in [0.3, 0.4) is 0 Å². The van der Waals surface area contributed by atoms with Crippen molar-refractivity contribution in [2.45, 2.75) is 63.6 Å². The molecule has 3 N–H and O–H groups in total. The van der Waals surface area contributed by atoms with Crippen molar-refractivity contribution >= 4 is 0 Å². The van der Waals surface area contributed by atoms with Crippen LogP contribution >= 0.6 is 0 Å². The van der Waals surface area contributed by atoms with E-state index in [1.807, 2.05) is 7.05 Å². The van der Waals surface area contributed by atoms with Gasteiger partial charge in [0.2, 0.25) is 0 Å². The second kappa shape index (κ2) is 10.5. The van der Waals surface area contributed by atoms with E-state index in [-0.39, 0.29) is 12.4 Å². The summed E-state index contributed by atoms with van der Waals surface area (Å²) in [4.78, 5) is 0. The van der Waals surface area contributed by atoms with Gasteiger partial charge in [-0.05, 0) is 26.3 Å². The van der Waals surface area contributed by atoms with E-state index in [9.17, 15) is 0 Å². The van der Waals surface area contributed by atoms with Crippen LogP contribution in [-0.2, 0) is 14.2 Å². The fraction of sp³-hybridized carbons (Fsp3) is 1.00. The quantitative estimate of drug-likeness (QED) is 0.687. The van der Waals surface area contributed by atoms with Gasteiger partial charge in [0.05, 0.1) is 25.9 Å². The molecule has 2 aliphatic heterocycles. The van der Waals surface area contributed by atoms with E-state index in [0.717, 1.165) is 39.6 Å². The zero-order chi connectivity index (χ0) is 15.7. The van der Waals surface area contributed by atoms with E-state index in [2.05, 4.69) is 24.5 Å². The molecule has 2 fully saturated rings. The van der Waals surface area contributed by atoms with Crippen LogP contribution in [0.15, 0.2) is 0 Å². The van der Waals surface area contributed by atoms with Crippen molar-refractivity contribution in [3.05, 3.63) is 0 Å². The number of hydrogen-bond acceptors (Lipinski definition) is 6. The molecule has 6 heteroatoms. The number of likely N-dealkylation sites (N-methyl/N-ethyl adjacent to an activating group) is 1. The summed E-state index contributed by atoms with van der Waals surface area (Å²) in [6.07, 6.45) is 3.18. The maximum Gasteiger partial charge on any atom is 0.158 e. The first kappa shape index (κ1) is 18.8. The van der Waals surface area contributed by atoms with Crippen molar-refractivity contribution in [3.63, 3.8) is 0 Å². The van der Waals surface area contributed by atoms with E-state index >= 15 is 0 Å². The number of aliphatic hydroxyl groups excluding tert-OH is 1. The van der Waals surface area contributed by atoms with Crippen LogP contribution in [-0.4, -0.2) is 69.6 Å². The van der Waals surface area contributed by atoms with Gasteiger partial charge in [-0.2, -0.15) is 0 Å². The van der Waals surface area contributed by atoms with Crippen molar-refractivity contribution in [1.29, 1.82) is 0 Å². The predicted molar refractivity (Wildman–Crippen MR) is 82.3 cm³/mol. The van der Waals surface area contributed by atoms with Crippen LogP contribution in [0.5, 0.6) is 0 Å². The van der Waals surface area contributed by atoms with Gasteiger partial charge in [0, 0.05) is 25.2 Å². The highest BCUT2D eigenvalue weighted by atomic mass is 16.7. The Morgan fingerprint density at radius 2 is 1.86 bits per heavy atom. The van der Waals surface area contributed by atoms with E-state index in [1.54, 1.807) is 0 Å². The molecule has 2 saturated heterocycles. The van der Waals surface area contributed by atoms with Crippen molar-refractivity contribution in [3.8, 4) is 0 Å². The fourth-order valence-electron chi connectivity index (χ4n) is 2.74. The monoisotopic (exact) mass is 304 g/mol. The van der Waals surface area contributed by atoms with Crippen molar-refractivity contribution in [2.24, 2.45) is 0 Å². The van der Waals surface area contributed by atoms with E-state index in [4.69, 9.17) is 19.3 Å². The first-order chi connectivity index (χ1) is 10.2. The molecule has 0 saturated carbocycles. The molecule has 0 aliphatic carbocycles. The maximum atomic E-state index is 7.00. The van der Waals surface area contributed by atoms with E-state index in [0.29, 0.717) is 24.7 Å². The third kappa shape index (κ3) is 7.04. The first-order valence-corrected chi connectivity index (χ1v) is 7.90. The molecule has 0 amide bonds.